The Morgan fingerprint density at radius 1 is 1.50 bits per heavy atom. The lowest BCUT2D eigenvalue weighted by atomic mass is 9.94. The van der Waals surface area contributed by atoms with E-state index in [2.05, 4.69) is 19.1 Å². The number of aryl methyl sites for hydroxylation is 1. The van der Waals surface area contributed by atoms with Crippen molar-refractivity contribution in [2.75, 3.05) is 11.5 Å². The van der Waals surface area contributed by atoms with Crippen molar-refractivity contribution in [3.8, 4) is 0 Å². The summed E-state index contributed by atoms with van der Waals surface area (Å²) in [6.45, 7) is 2.07. The van der Waals surface area contributed by atoms with E-state index < -0.39 is 0 Å². The highest BCUT2D eigenvalue weighted by atomic mass is 32.2. The summed E-state index contributed by atoms with van der Waals surface area (Å²) in [5.41, 5.74) is 2.31. The molecule has 0 spiro atoms. The van der Waals surface area contributed by atoms with Gasteiger partial charge in [-0.3, -0.25) is 0 Å². The monoisotopic (exact) mass is 208 g/mol. The normalized spacial score (nSPS) is 23.7. The summed E-state index contributed by atoms with van der Waals surface area (Å²) in [4.78, 5) is 0. The molecule has 1 aromatic rings. The molecule has 1 fully saturated rings. The van der Waals surface area contributed by atoms with Gasteiger partial charge >= 0.3 is 0 Å². The second-order valence-corrected chi connectivity index (χ2v) is 5.13. The minimum atomic E-state index is -0.259. The molecule has 14 heavy (non-hydrogen) atoms. The van der Waals surface area contributed by atoms with Gasteiger partial charge in [-0.2, -0.15) is 11.8 Å². The molecule has 76 valence electrons. The van der Waals surface area contributed by atoms with Crippen molar-refractivity contribution in [1.82, 2.24) is 0 Å². The predicted octanol–water partition coefficient (Wildman–Crippen LogP) is 2.78. The SMILES string of the molecule is Cc1cccc(C(O)C2CCSC2)c1. The Morgan fingerprint density at radius 2 is 2.36 bits per heavy atom. The van der Waals surface area contributed by atoms with E-state index in [-0.39, 0.29) is 6.10 Å². The van der Waals surface area contributed by atoms with Crippen LogP contribution in [-0.2, 0) is 0 Å². The molecule has 2 unspecified atom stereocenters. The molecule has 1 heterocycles. The molecule has 1 nitrogen and oxygen atoms in total. The highest BCUT2D eigenvalue weighted by molar-refractivity contribution is 7.99. The molecule has 1 saturated heterocycles. The average molecular weight is 208 g/mol. The topological polar surface area (TPSA) is 20.2 Å². The van der Waals surface area contributed by atoms with Crippen molar-refractivity contribution in [2.45, 2.75) is 19.4 Å². The summed E-state index contributed by atoms with van der Waals surface area (Å²) >= 11 is 1.95. The Hall–Kier alpha value is -0.470. The molecule has 0 aromatic heterocycles. The number of thioether (sulfide) groups is 1. The third-order valence-corrected chi connectivity index (χ3v) is 3.98. The fourth-order valence-corrected chi connectivity index (χ4v) is 3.22. The van der Waals surface area contributed by atoms with Crippen molar-refractivity contribution in [1.29, 1.82) is 0 Å². The lowest BCUT2D eigenvalue weighted by molar-refractivity contribution is 0.121. The van der Waals surface area contributed by atoms with Crippen LogP contribution in [0.3, 0.4) is 0 Å². The molecule has 0 aliphatic carbocycles. The van der Waals surface area contributed by atoms with E-state index in [1.165, 1.54) is 11.3 Å². The van der Waals surface area contributed by atoms with Crippen LogP contribution < -0.4 is 0 Å². The van der Waals surface area contributed by atoms with Crippen molar-refractivity contribution < 1.29 is 5.11 Å². The average Bonchev–Trinajstić information content (AvgIpc) is 2.69. The molecular formula is C12H16OS. The fraction of sp³-hybridized carbons (Fsp3) is 0.500. The lowest BCUT2D eigenvalue weighted by Gasteiger charge is -2.17. The number of aliphatic hydroxyl groups excluding tert-OH is 1. The first kappa shape index (κ1) is 10.1. The van der Waals surface area contributed by atoms with E-state index in [1.807, 2.05) is 23.9 Å². The third kappa shape index (κ3) is 2.12. The number of rotatable bonds is 2. The van der Waals surface area contributed by atoms with Crippen LogP contribution >= 0.6 is 11.8 Å². The first-order valence-electron chi connectivity index (χ1n) is 5.10. The zero-order chi connectivity index (χ0) is 9.97. The highest BCUT2D eigenvalue weighted by Gasteiger charge is 2.24. The molecule has 1 aromatic carbocycles. The fourth-order valence-electron chi connectivity index (χ4n) is 1.93. The Labute approximate surface area is 89.5 Å². The maximum atomic E-state index is 10.1. The molecule has 2 rings (SSSR count). The van der Waals surface area contributed by atoms with Crippen molar-refractivity contribution in [3.05, 3.63) is 35.4 Å². The largest absolute Gasteiger partial charge is 0.388 e. The molecule has 1 aliphatic rings. The van der Waals surface area contributed by atoms with E-state index in [1.54, 1.807) is 0 Å². The quantitative estimate of drug-likeness (QED) is 0.806. The summed E-state index contributed by atoms with van der Waals surface area (Å²) in [6.07, 6.45) is 0.893. The van der Waals surface area contributed by atoms with Crippen LogP contribution in [0.1, 0.15) is 23.7 Å². The van der Waals surface area contributed by atoms with Crippen LogP contribution in [-0.4, -0.2) is 16.6 Å². The number of hydrogen-bond donors (Lipinski definition) is 1. The van der Waals surface area contributed by atoms with Gasteiger partial charge in [-0.25, -0.2) is 0 Å². The smallest absolute Gasteiger partial charge is 0.0826 e. The van der Waals surface area contributed by atoms with Gasteiger partial charge in [-0.15, -0.1) is 0 Å². The second kappa shape index (κ2) is 4.37. The molecule has 0 radical (unpaired) electrons. The van der Waals surface area contributed by atoms with Gasteiger partial charge in [0.25, 0.3) is 0 Å². The van der Waals surface area contributed by atoms with Crippen LogP contribution in [0.5, 0.6) is 0 Å². The Kier molecular flexibility index (Phi) is 3.14. The first-order chi connectivity index (χ1) is 6.77. The zero-order valence-corrected chi connectivity index (χ0v) is 9.26. The highest BCUT2D eigenvalue weighted by Crippen LogP contribution is 2.34. The summed E-state index contributed by atoms with van der Waals surface area (Å²) in [5.74, 6) is 2.77. The van der Waals surface area contributed by atoms with Gasteiger partial charge in [0.2, 0.25) is 0 Å². The summed E-state index contributed by atoms with van der Waals surface area (Å²) < 4.78 is 0. The van der Waals surface area contributed by atoms with Gasteiger partial charge in [0.1, 0.15) is 0 Å². The van der Waals surface area contributed by atoms with E-state index in [0.29, 0.717) is 5.92 Å². The molecule has 1 aliphatic heterocycles. The standard InChI is InChI=1S/C12H16OS/c1-9-3-2-4-10(7-9)12(13)11-5-6-14-8-11/h2-4,7,11-13H,5-6,8H2,1H3. The van der Waals surface area contributed by atoms with Gasteiger partial charge in [-0.1, -0.05) is 29.8 Å². The number of hydrogen-bond acceptors (Lipinski definition) is 2. The lowest BCUT2D eigenvalue weighted by Crippen LogP contribution is -2.11. The van der Waals surface area contributed by atoms with E-state index in [0.717, 1.165) is 17.7 Å². The Balaban J connectivity index is 2.13. The van der Waals surface area contributed by atoms with Gasteiger partial charge < -0.3 is 5.11 Å². The first-order valence-corrected chi connectivity index (χ1v) is 6.25. The predicted molar refractivity (Wildman–Crippen MR) is 61.6 cm³/mol. The molecule has 0 amide bonds. The van der Waals surface area contributed by atoms with Crippen molar-refractivity contribution in [3.63, 3.8) is 0 Å². The van der Waals surface area contributed by atoms with Crippen LogP contribution in [0.2, 0.25) is 0 Å². The Bertz CT molecular complexity index is 305. The number of benzene rings is 1. The van der Waals surface area contributed by atoms with Crippen molar-refractivity contribution >= 4 is 11.8 Å². The third-order valence-electron chi connectivity index (χ3n) is 2.80. The van der Waals surface area contributed by atoms with Gasteiger partial charge in [0, 0.05) is 0 Å². The van der Waals surface area contributed by atoms with E-state index in [4.69, 9.17) is 0 Å². The van der Waals surface area contributed by atoms with Crippen LogP contribution in [0.4, 0.5) is 0 Å². The summed E-state index contributed by atoms with van der Waals surface area (Å²) in [5, 5.41) is 10.1. The molecule has 0 bridgehead atoms. The van der Waals surface area contributed by atoms with Crippen LogP contribution in [0.25, 0.3) is 0 Å². The van der Waals surface area contributed by atoms with Crippen LogP contribution in [0.15, 0.2) is 24.3 Å². The Morgan fingerprint density at radius 3 is 3.00 bits per heavy atom. The molecule has 1 N–H and O–H groups in total. The maximum Gasteiger partial charge on any atom is 0.0826 e. The van der Waals surface area contributed by atoms with Crippen molar-refractivity contribution in [2.24, 2.45) is 5.92 Å². The molecule has 0 saturated carbocycles. The van der Waals surface area contributed by atoms with E-state index >= 15 is 0 Å². The maximum absolute atomic E-state index is 10.1. The molecule has 2 heteroatoms. The molecule has 2 atom stereocenters. The minimum absolute atomic E-state index is 0.259. The van der Waals surface area contributed by atoms with Gasteiger partial charge in [-0.05, 0) is 36.3 Å². The molecular weight excluding hydrogens is 192 g/mol. The second-order valence-electron chi connectivity index (χ2n) is 3.98. The summed E-state index contributed by atoms with van der Waals surface area (Å²) in [7, 11) is 0. The van der Waals surface area contributed by atoms with Gasteiger partial charge in [0.05, 0.1) is 6.10 Å². The van der Waals surface area contributed by atoms with E-state index in [9.17, 15) is 5.11 Å². The van der Waals surface area contributed by atoms with Crippen LogP contribution in [0, 0.1) is 12.8 Å². The minimum Gasteiger partial charge on any atom is -0.388 e. The summed E-state index contributed by atoms with van der Waals surface area (Å²) in [6, 6.07) is 8.21. The van der Waals surface area contributed by atoms with Gasteiger partial charge in [0.15, 0.2) is 0 Å². The zero-order valence-electron chi connectivity index (χ0n) is 8.44. The number of aliphatic hydroxyl groups is 1.